The number of nitrogens with zero attached hydrogens (tertiary/aromatic N) is 3. The van der Waals surface area contributed by atoms with Gasteiger partial charge in [-0.25, -0.2) is 9.78 Å². The van der Waals surface area contributed by atoms with Gasteiger partial charge in [-0.05, 0) is 37.3 Å². The van der Waals surface area contributed by atoms with E-state index < -0.39 is 0 Å². The van der Waals surface area contributed by atoms with Crippen molar-refractivity contribution in [1.29, 1.82) is 0 Å². The highest BCUT2D eigenvalue weighted by molar-refractivity contribution is 6.07. The minimum absolute atomic E-state index is 0.0561. The third-order valence-corrected chi connectivity index (χ3v) is 4.17. The van der Waals surface area contributed by atoms with E-state index in [9.17, 15) is 14.4 Å². The van der Waals surface area contributed by atoms with Gasteiger partial charge in [0.2, 0.25) is 0 Å². The number of H-pyrrole nitrogens is 1. The Kier molecular flexibility index (Phi) is 5.35. The van der Waals surface area contributed by atoms with Crippen LogP contribution < -0.4 is 10.6 Å². The normalized spacial score (nSPS) is 10.7. The first-order valence-corrected chi connectivity index (χ1v) is 8.58. The number of rotatable bonds is 6. The molecule has 0 atom stereocenters. The second-order valence-electron chi connectivity index (χ2n) is 5.92. The van der Waals surface area contributed by atoms with E-state index in [0.29, 0.717) is 22.4 Å². The molecule has 0 unspecified atom stereocenters. The molecule has 1 N–H and O–H groups in total. The highest BCUT2D eigenvalue weighted by Crippen LogP contribution is 2.18. The first-order valence-electron chi connectivity index (χ1n) is 8.58. The number of amides is 1. The van der Waals surface area contributed by atoms with Gasteiger partial charge in [0.1, 0.15) is 5.82 Å². The number of hydrogen-bond donors (Lipinski definition) is 1. The fraction of sp³-hybridized carbons (Fsp3) is 0.263. The molecule has 0 saturated carbocycles. The average Bonchev–Trinajstić information content (AvgIpc) is 2.96. The molecule has 140 valence electrons. The van der Waals surface area contributed by atoms with Gasteiger partial charge in [-0.15, -0.1) is 0 Å². The Bertz CT molecular complexity index is 1020. The van der Waals surface area contributed by atoms with E-state index in [1.54, 1.807) is 56.6 Å². The fourth-order valence-electron chi connectivity index (χ4n) is 2.80. The largest absolute Gasteiger partial charge is 0.466 e. The zero-order chi connectivity index (χ0) is 19.4. The van der Waals surface area contributed by atoms with E-state index in [1.165, 1.54) is 9.47 Å². The summed E-state index contributed by atoms with van der Waals surface area (Å²) in [6, 6.07) is 10.2. The summed E-state index contributed by atoms with van der Waals surface area (Å²) in [7, 11) is 1.65. The van der Waals surface area contributed by atoms with Crippen molar-refractivity contribution in [3.63, 3.8) is 0 Å². The molecular formula is C19H20N4O4. The van der Waals surface area contributed by atoms with Gasteiger partial charge in [0.05, 0.1) is 24.1 Å². The molecular weight excluding hydrogens is 348 g/mol. The Morgan fingerprint density at radius 2 is 2.07 bits per heavy atom. The van der Waals surface area contributed by atoms with Crippen LogP contribution in [0.25, 0.3) is 11.0 Å². The van der Waals surface area contributed by atoms with Crippen LogP contribution >= 0.6 is 0 Å². The molecule has 0 radical (unpaired) electrons. The predicted octanol–water partition coefficient (Wildman–Crippen LogP) is 1.86. The monoisotopic (exact) mass is 368 g/mol. The van der Waals surface area contributed by atoms with Crippen molar-refractivity contribution in [3.05, 3.63) is 58.6 Å². The third-order valence-electron chi connectivity index (χ3n) is 4.17. The van der Waals surface area contributed by atoms with Crippen LogP contribution in [0.3, 0.4) is 0 Å². The zero-order valence-electron chi connectivity index (χ0n) is 15.1. The number of hydrogen-bond acceptors (Lipinski definition) is 5. The first-order chi connectivity index (χ1) is 13.0. The predicted molar refractivity (Wildman–Crippen MR) is 101 cm³/mol. The number of anilines is 1. The second kappa shape index (κ2) is 7.86. The molecule has 2 heterocycles. The van der Waals surface area contributed by atoms with Gasteiger partial charge in [0.25, 0.3) is 5.91 Å². The van der Waals surface area contributed by atoms with Crippen LogP contribution in [0, 0.1) is 0 Å². The molecule has 0 aliphatic heterocycles. The molecule has 8 heteroatoms. The molecule has 0 bridgehead atoms. The van der Waals surface area contributed by atoms with Gasteiger partial charge in [-0.2, -0.15) is 0 Å². The molecule has 0 aliphatic carbocycles. The fourth-order valence-corrected chi connectivity index (χ4v) is 2.80. The number of carbonyl (C=O) groups excluding carboxylic acids is 2. The van der Waals surface area contributed by atoms with E-state index in [2.05, 4.69) is 9.97 Å². The van der Waals surface area contributed by atoms with E-state index in [0.717, 1.165) is 0 Å². The molecule has 3 aromatic rings. The average molecular weight is 368 g/mol. The highest BCUT2D eigenvalue weighted by Gasteiger charge is 2.21. The van der Waals surface area contributed by atoms with Crippen LogP contribution in [0.1, 0.15) is 23.7 Å². The number of fused-ring (bicyclic) bond motifs is 1. The van der Waals surface area contributed by atoms with Gasteiger partial charge in [-0.1, -0.05) is 6.07 Å². The SMILES string of the molecule is CCOC(=O)CCN(C(=O)c1ccc2c(c1)[nH]c(=O)n2C)c1ccccn1. The number of imidazole rings is 1. The van der Waals surface area contributed by atoms with Gasteiger partial charge in [0, 0.05) is 25.4 Å². The van der Waals surface area contributed by atoms with Crippen molar-refractivity contribution in [2.75, 3.05) is 18.1 Å². The number of aryl methyl sites for hydroxylation is 1. The van der Waals surface area contributed by atoms with Crippen LogP contribution in [0.4, 0.5) is 5.82 Å². The van der Waals surface area contributed by atoms with E-state index >= 15 is 0 Å². The Morgan fingerprint density at radius 1 is 1.26 bits per heavy atom. The minimum atomic E-state index is -0.380. The van der Waals surface area contributed by atoms with Crippen molar-refractivity contribution < 1.29 is 14.3 Å². The molecule has 8 nitrogen and oxygen atoms in total. The molecule has 1 amide bonds. The molecule has 1 aromatic carbocycles. The number of pyridine rings is 1. The lowest BCUT2D eigenvalue weighted by atomic mass is 10.1. The number of aromatic nitrogens is 3. The smallest absolute Gasteiger partial charge is 0.326 e. The van der Waals surface area contributed by atoms with E-state index in [4.69, 9.17) is 4.74 Å². The summed E-state index contributed by atoms with van der Waals surface area (Å²) >= 11 is 0. The quantitative estimate of drug-likeness (QED) is 0.670. The van der Waals surface area contributed by atoms with Crippen molar-refractivity contribution in [3.8, 4) is 0 Å². The first kappa shape index (κ1) is 18.4. The van der Waals surface area contributed by atoms with E-state index in [-0.39, 0.29) is 37.1 Å². The molecule has 0 fully saturated rings. The lowest BCUT2D eigenvalue weighted by Gasteiger charge is -2.21. The lowest BCUT2D eigenvalue weighted by Crippen LogP contribution is -2.34. The van der Waals surface area contributed by atoms with Crippen molar-refractivity contribution in [1.82, 2.24) is 14.5 Å². The highest BCUT2D eigenvalue weighted by atomic mass is 16.5. The molecule has 0 spiro atoms. The number of esters is 1. The van der Waals surface area contributed by atoms with Crippen molar-refractivity contribution in [2.45, 2.75) is 13.3 Å². The van der Waals surface area contributed by atoms with Gasteiger partial charge >= 0.3 is 11.7 Å². The number of ether oxygens (including phenoxy) is 1. The van der Waals surface area contributed by atoms with Gasteiger partial charge in [0.15, 0.2) is 0 Å². The van der Waals surface area contributed by atoms with Crippen LogP contribution in [0.15, 0.2) is 47.4 Å². The summed E-state index contributed by atoms with van der Waals surface area (Å²) in [6.45, 7) is 2.15. The zero-order valence-corrected chi connectivity index (χ0v) is 15.1. The van der Waals surface area contributed by atoms with Crippen molar-refractivity contribution in [2.24, 2.45) is 7.05 Å². The summed E-state index contributed by atoms with van der Waals surface area (Å²) in [5, 5.41) is 0. The van der Waals surface area contributed by atoms with Crippen LogP contribution in [0.2, 0.25) is 0 Å². The molecule has 0 saturated heterocycles. The summed E-state index contributed by atoms with van der Waals surface area (Å²) in [4.78, 5) is 44.9. The number of benzene rings is 1. The molecule has 0 aliphatic rings. The second-order valence-corrected chi connectivity index (χ2v) is 5.92. The van der Waals surface area contributed by atoms with Crippen molar-refractivity contribution >= 4 is 28.7 Å². The molecule has 27 heavy (non-hydrogen) atoms. The Hall–Kier alpha value is -3.42. The molecule has 2 aromatic heterocycles. The summed E-state index contributed by atoms with van der Waals surface area (Å²) in [6.07, 6.45) is 1.64. The standard InChI is InChI=1S/C19H20N4O4/c1-3-27-17(24)9-11-23(16-6-4-5-10-20-16)18(25)13-7-8-15-14(12-13)21-19(26)22(15)2/h4-8,10,12H,3,9,11H2,1-2H3,(H,21,26). The van der Waals surface area contributed by atoms with Crippen LogP contribution in [0.5, 0.6) is 0 Å². The molecule has 3 rings (SSSR count). The van der Waals surface area contributed by atoms with Crippen LogP contribution in [-0.2, 0) is 16.6 Å². The third kappa shape index (κ3) is 3.89. The Labute approximate surface area is 155 Å². The topological polar surface area (TPSA) is 97.3 Å². The number of nitrogens with one attached hydrogen (secondary N) is 1. The van der Waals surface area contributed by atoms with Gasteiger partial charge < -0.3 is 9.72 Å². The number of aromatic amines is 1. The lowest BCUT2D eigenvalue weighted by molar-refractivity contribution is -0.142. The minimum Gasteiger partial charge on any atom is -0.466 e. The maximum atomic E-state index is 13.1. The van der Waals surface area contributed by atoms with Gasteiger partial charge in [-0.3, -0.25) is 19.1 Å². The summed E-state index contributed by atoms with van der Waals surface area (Å²) in [5.74, 6) is -0.257. The Morgan fingerprint density at radius 3 is 2.78 bits per heavy atom. The van der Waals surface area contributed by atoms with Crippen LogP contribution in [-0.4, -0.2) is 39.6 Å². The number of carbonyl (C=O) groups is 2. The maximum Gasteiger partial charge on any atom is 0.326 e. The summed E-state index contributed by atoms with van der Waals surface area (Å²) < 4.78 is 6.42. The van der Waals surface area contributed by atoms with E-state index in [1.807, 2.05) is 0 Å². The summed E-state index contributed by atoms with van der Waals surface area (Å²) in [5.41, 5.74) is 1.41. The maximum absolute atomic E-state index is 13.1. The Balaban J connectivity index is 1.92.